The molecule has 2 saturated carbocycles. The first-order valence-electron chi connectivity index (χ1n) is 9.30. The second-order valence-corrected chi connectivity index (χ2v) is 8.53. The van der Waals surface area contributed by atoms with Crippen LogP contribution in [0.5, 0.6) is 0 Å². The van der Waals surface area contributed by atoms with Crippen molar-refractivity contribution in [2.45, 2.75) is 56.5 Å². The van der Waals surface area contributed by atoms with Crippen molar-refractivity contribution in [3.05, 3.63) is 43.8 Å². The third-order valence-electron chi connectivity index (χ3n) is 5.93. The third kappa shape index (κ3) is 2.50. The molecule has 0 atom stereocenters. The highest BCUT2D eigenvalue weighted by molar-refractivity contribution is 7.12. The Morgan fingerprint density at radius 1 is 1.11 bits per heavy atom. The lowest BCUT2D eigenvalue weighted by Gasteiger charge is -2.27. The van der Waals surface area contributed by atoms with Crippen molar-refractivity contribution in [3.63, 3.8) is 0 Å². The number of nitrogens with two attached hydrogens (primary N) is 1. The lowest BCUT2D eigenvalue weighted by atomic mass is 9.81. The van der Waals surface area contributed by atoms with E-state index in [0.717, 1.165) is 43.3 Å². The summed E-state index contributed by atoms with van der Waals surface area (Å²) in [4.78, 5) is 25.4. The van der Waals surface area contributed by atoms with Gasteiger partial charge in [-0.25, -0.2) is 8.78 Å². The summed E-state index contributed by atoms with van der Waals surface area (Å²) in [6, 6.07) is 1.24. The van der Waals surface area contributed by atoms with Gasteiger partial charge in [0, 0.05) is 17.6 Å². The second-order valence-electron chi connectivity index (χ2n) is 7.74. The van der Waals surface area contributed by atoms with Crippen molar-refractivity contribution in [2.75, 3.05) is 0 Å². The number of aromatic nitrogens is 2. The average molecular weight is 391 g/mol. The maximum Gasteiger partial charge on any atom is 0.271 e. The lowest BCUT2D eigenvalue weighted by molar-refractivity contribution is 0.377. The smallest absolute Gasteiger partial charge is 0.271 e. The van der Waals surface area contributed by atoms with Crippen LogP contribution >= 0.6 is 11.5 Å². The third-order valence-corrected chi connectivity index (χ3v) is 6.81. The number of nitrogens with one attached hydrogen (secondary N) is 1. The number of pyridine rings is 1. The number of benzene rings is 1. The van der Waals surface area contributed by atoms with Gasteiger partial charge in [0.25, 0.3) is 5.56 Å². The SMILES string of the molecule is NC1CCC(c2c(F)cc3c(=O)c4c(=O)[nH]sc4n(C4CC4)c3c2F)CC1. The molecule has 2 heterocycles. The zero-order valence-electron chi connectivity index (χ0n) is 14.6. The molecule has 0 amide bonds. The molecular formula is C19H19F2N3O2S. The molecule has 27 heavy (non-hydrogen) atoms. The molecule has 1 aromatic carbocycles. The van der Waals surface area contributed by atoms with Crippen LogP contribution in [0, 0.1) is 11.6 Å². The van der Waals surface area contributed by atoms with Crippen molar-refractivity contribution in [1.82, 2.24) is 8.94 Å². The van der Waals surface area contributed by atoms with Gasteiger partial charge in [-0.1, -0.05) is 0 Å². The minimum absolute atomic E-state index is 0.00501. The highest BCUT2D eigenvalue weighted by atomic mass is 32.1. The van der Waals surface area contributed by atoms with E-state index in [-0.39, 0.29) is 39.9 Å². The van der Waals surface area contributed by atoms with Crippen molar-refractivity contribution >= 4 is 32.7 Å². The van der Waals surface area contributed by atoms with Crippen molar-refractivity contribution in [1.29, 1.82) is 0 Å². The molecule has 5 rings (SSSR count). The molecule has 0 unspecified atom stereocenters. The Hall–Kier alpha value is -2.06. The van der Waals surface area contributed by atoms with Gasteiger partial charge in [0.1, 0.15) is 16.0 Å². The molecule has 8 heteroatoms. The van der Waals surface area contributed by atoms with Gasteiger partial charge in [-0.15, -0.1) is 0 Å². The van der Waals surface area contributed by atoms with Gasteiger partial charge in [0.2, 0.25) is 5.43 Å². The number of aromatic amines is 1. The number of halogens is 2. The van der Waals surface area contributed by atoms with E-state index in [1.165, 1.54) is 0 Å². The molecule has 2 aliphatic rings. The molecule has 0 bridgehead atoms. The van der Waals surface area contributed by atoms with E-state index < -0.39 is 22.6 Å². The lowest BCUT2D eigenvalue weighted by Crippen LogP contribution is -2.26. The fourth-order valence-electron chi connectivity index (χ4n) is 4.40. The zero-order valence-corrected chi connectivity index (χ0v) is 15.4. The number of hydrogen-bond donors (Lipinski definition) is 2. The molecule has 2 aromatic heterocycles. The first-order chi connectivity index (χ1) is 13.0. The summed E-state index contributed by atoms with van der Waals surface area (Å²) < 4.78 is 34.9. The van der Waals surface area contributed by atoms with Crippen molar-refractivity contribution in [3.8, 4) is 0 Å². The summed E-state index contributed by atoms with van der Waals surface area (Å²) >= 11 is 1.04. The first kappa shape index (κ1) is 17.1. The molecule has 0 saturated heterocycles. The predicted octanol–water partition coefficient (Wildman–Crippen LogP) is 3.50. The topological polar surface area (TPSA) is 80.9 Å². The Balaban J connectivity index is 1.86. The molecule has 0 aliphatic heterocycles. The fraction of sp³-hybridized carbons (Fsp3) is 0.474. The molecule has 2 fully saturated rings. The minimum atomic E-state index is -0.703. The van der Waals surface area contributed by atoms with E-state index in [9.17, 15) is 14.0 Å². The highest BCUT2D eigenvalue weighted by Gasteiger charge is 2.33. The Bertz CT molecular complexity index is 1180. The monoisotopic (exact) mass is 391 g/mol. The maximum absolute atomic E-state index is 15.7. The van der Waals surface area contributed by atoms with Crippen LogP contribution in [0.4, 0.5) is 8.78 Å². The number of hydrogen-bond acceptors (Lipinski definition) is 4. The molecule has 142 valence electrons. The number of rotatable bonds is 2. The quantitative estimate of drug-likeness (QED) is 0.702. The van der Waals surface area contributed by atoms with Gasteiger partial charge in [-0.2, -0.15) is 0 Å². The van der Waals surface area contributed by atoms with Crippen molar-refractivity contribution in [2.24, 2.45) is 5.73 Å². The van der Waals surface area contributed by atoms with Crippen molar-refractivity contribution < 1.29 is 8.78 Å². The molecule has 3 N–H and O–H groups in total. The minimum Gasteiger partial charge on any atom is -0.328 e. The highest BCUT2D eigenvalue weighted by Crippen LogP contribution is 2.43. The molecular weight excluding hydrogens is 372 g/mol. The molecule has 0 spiro atoms. The summed E-state index contributed by atoms with van der Waals surface area (Å²) in [5.41, 5.74) is 5.03. The van der Waals surface area contributed by atoms with Crippen LogP contribution in [0.3, 0.4) is 0 Å². The van der Waals surface area contributed by atoms with Crippen LogP contribution in [0.15, 0.2) is 15.7 Å². The number of H-pyrrole nitrogens is 1. The summed E-state index contributed by atoms with van der Waals surface area (Å²) in [6.07, 6.45) is 4.43. The normalized spacial score (nSPS) is 23.4. The fourth-order valence-corrected chi connectivity index (χ4v) is 5.31. The van der Waals surface area contributed by atoms with Gasteiger partial charge >= 0.3 is 0 Å². The Morgan fingerprint density at radius 2 is 1.81 bits per heavy atom. The van der Waals surface area contributed by atoms with E-state index in [1.54, 1.807) is 4.57 Å². The Kier molecular flexibility index (Phi) is 3.77. The number of fused-ring (bicyclic) bond motifs is 2. The van der Waals surface area contributed by atoms with Crippen LogP contribution in [0.25, 0.3) is 21.1 Å². The number of nitrogens with zero attached hydrogens (tertiary/aromatic N) is 1. The summed E-state index contributed by atoms with van der Waals surface area (Å²) in [5.74, 6) is -1.60. The maximum atomic E-state index is 15.7. The van der Waals surface area contributed by atoms with Crippen LogP contribution in [0.2, 0.25) is 0 Å². The van der Waals surface area contributed by atoms with Crippen LogP contribution in [-0.4, -0.2) is 15.0 Å². The summed E-state index contributed by atoms with van der Waals surface area (Å²) in [5, 5.41) is -0.0563. The van der Waals surface area contributed by atoms with Crippen LogP contribution in [-0.2, 0) is 0 Å². The van der Waals surface area contributed by atoms with Crippen LogP contribution < -0.4 is 16.7 Å². The van der Waals surface area contributed by atoms with E-state index >= 15 is 4.39 Å². The van der Waals surface area contributed by atoms with E-state index in [1.807, 2.05) is 0 Å². The van der Waals surface area contributed by atoms with Gasteiger partial charge in [-0.3, -0.25) is 14.0 Å². The Morgan fingerprint density at radius 3 is 2.48 bits per heavy atom. The zero-order chi connectivity index (χ0) is 18.9. The molecule has 0 radical (unpaired) electrons. The largest absolute Gasteiger partial charge is 0.328 e. The Labute approximate surface area is 156 Å². The van der Waals surface area contributed by atoms with Crippen LogP contribution in [0.1, 0.15) is 56.0 Å². The molecule has 3 aromatic rings. The predicted molar refractivity (Wildman–Crippen MR) is 102 cm³/mol. The standard InChI is InChI=1S/C19H19F2N3O2S/c20-12-7-11-16(15(21)13(12)8-1-3-9(22)4-2-8)24(10-5-6-10)19-14(17(11)25)18(26)23-27-19/h7-10H,1-6,22H2,(H,23,26). The first-order valence-corrected chi connectivity index (χ1v) is 10.1. The average Bonchev–Trinajstić information content (AvgIpc) is 3.40. The van der Waals surface area contributed by atoms with E-state index in [0.29, 0.717) is 17.7 Å². The summed E-state index contributed by atoms with van der Waals surface area (Å²) in [7, 11) is 0. The van der Waals surface area contributed by atoms with Gasteiger partial charge in [0.05, 0.1) is 10.9 Å². The van der Waals surface area contributed by atoms with Gasteiger partial charge in [0.15, 0.2) is 5.82 Å². The second kappa shape index (κ2) is 5.97. The van der Waals surface area contributed by atoms with Gasteiger partial charge in [-0.05, 0) is 62.0 Å². The molecule has 2 aliphatic carbocycles. The molecule has 5 nitrogen and oxygen atoms in total. The van der Waals surface area contributed by atoms with E-state index in [4.69, 9.17) is 5.73 Å². The summed E-state index contributed by atoms with van der Waals surface area (Å²) in [6.45, 7) is 0. The van der Waals surface area contributed by atoms with E-state index in [2.05, 4.69) is 4.37 Å². The van der Waals surface area contributed by atoms with Gasteiger partial charge < -0.3 is 10.3 Å².